The van der Waals surface area contributed by atoms with Gasteiger partial charge in [-0.25, -0.2) is 0 Å². The number of hydrogen-bond acceptors (Lipinski definition) is 3. The van der Waals surface area contributed by atoms with E-state index in [1.807, 2.05) is 44.2 Å². The minimum absolute atomic E-state index is 0.158. The Bertz CT molecular complexity index is 1130. The number of rotatable bonds is 6. The quantitative estimate of drug-likeness (QED) is 0.616. The Hall–Kier alpha value is -3.73. The Morgan fingerprint density at radius 2 is 1.48 bits per heavy atom. The highest BCUT2D eigenvalue weighted by Gasteiger charge is 2.22. The van der Waals surface area contributed by atoms with Crippen LogP contribution in [-0.4, -0.2) is 36.6 Å². The Labute approximate surface area is 182 Å². The van der Waals surface area contributed by atoms with Crippen LogP contribution in [0, 0.1) is 13.8 Å². The van der Waals surface area contributed by atoms with Crippen molar-refractivity contribution in [3.63, 3.8) is 0 Å². The highest BCUT2D eigenvalue weighted by molar-refractivity contribution is 6.15. The summed E-state index contributed by atoms with van der Waals surface area (Å²) in [5, 5.41) is 2.58. The van der Waals surface area contributed by atoms with Gasteiger partial charge < -0.3 is 10.2 Å². The first-order chi connectivity index (χ1) is 14.8. The number of ketones is 1. The largest absolute Gasteiger partial charge is 0.355 e. The third kappa shape index (κ3) is 4.89. The van der Waals surface area contributed by atoms with E-state index < -0.39 is 0 Å². The lowest BCUT2D eigenvalue weighted by atomic mass is 9.94. The van der Waals surface area contributed by atoms with Crippen molar-refractivity contribution in [2.75, 3.05) is 14.1 Å². The molecule has 0 unspecified atom stereocenters. The van der Waals surface area contributed by atoms with Crippen LogP contribution in [0.2, 0.25) is 0 Å². The molecule has 3 rings (SSSR count). The fraction of sp³-hybridized carbons (Fsp3) is 0.192. The van der Waals surface area contributed by atoms with Gasteiger partial charge in [-0.05, 0) is 49.2 Å². The molecule has 3 aromatic rings. The van der Waals surface area contributed by atoms with Crippen LogP contribution in [0.5, 0.6) is 0 Å². The number of carbonyl (C=O) groups is 3. The molecule has 0 aliphatic rings. The van der Waals surface area contributed by atoms with Crippen LogP contribution in [0.1, 0.15) is 53.3 Å². The summed E-state index contributed by atoms with van der Waals surface area (Å²) in [6.07, 6.45) is 0. The number of benzene rings is 3. The van der Waals surface area contributed by atoms with Crippen LogP contribution >= 0.6 is 0 Å². The molecule has 0 fully saturated rings. The van der Waals surface area contributed by atoms with Gasteiger partial charge in [0.1, 0.15) is 0 Å². The second-order valence-electron chi connectivity index (χ2n) is 7.63. The third-order valence-electron chi connectivity index (χ3n) is 5.25. The SMILES string of the molecule is CNC(=O)c1ccc(CN(C)C(=O)c2ccccc2C(=O)c2cc(C)ccc2C)cc1. The van der Waals surface area contributed by atoms with Gasteiger partial charge in [0.15, 0.2) is 5.78 Å². The molecule has 5 nitrogen and oxygen atoms in total. The number of carbonyl (C=O) groups excluding carboxylic acids is 3. The summed E-state index contributed by atoms with van der Waals surface area (Å²) in [5.74, 6) is -0.548. The Balaban J connectivity index is 1.84. The predicted molar refractivity (Wildman–Crippen MR) is 121 cm³/mol. The Morgan fingerprint density at radius 3 is 2.13 bits per heavy atom. The number of nitrogens with zero attached hydrogens (tertiary/aromatic N) is 1. The summed E-state index contributed by atoms with van der Waals surface area (Å²) in [4.78, 5) is 39.7. The summed E-state index contributed by atoms with van der Waals surface area (Å²) in [6, 6.07) is 19.8. The maximum Gasteiger partial charge on any atom is 0.254 e. The monoisotopic (exact) mass is 414 g/mol. The zero-order valence-electron chi connectivity index (χ0n) is 18.2. The predicted octanol–water partition coefficient (Wildman–Crippen LogP) is 4.17. The smallest absolute Gasteiger partial charge is 0.254 e. The first-order valence-electron chi connectivity index (χ1n) is 10.1. The molecule has 0 saturated carbocycles. The van der Waals surface area contributed by atoms with Gasteiger partial charge in [0.2, 0.25) is 0 Å². The Morgan fingerprint density at radius 1 is 0.839 bits per heavy atom. The van der Waals surface area contributed by atoms with E-state index in [1.165, 1.54) is 0 Å². The van der Waals surface area contributed by atoms with Gasteiger partial charge in [-0.3, -0.25) is 14.4 Å². The molecule has 3 aromatic carbocycles. The molecular formula is C26H26N2O3. The molecule has 0 radical (unpaired) electrons. The van der Waals surface area contributed by atoms with E-state index in [1.54, 1.807) is 55.4 Å². The van der Waals surface area contributed by atoms with Crippen LogP contribution in [-0.2, 0) is 6.54 Å². The summed E-state index contributed by atoms with van der Waals surface area (Å²) in [5.41, 5.74) is 4.69. The zero-order valence-corrected chi connectivity index (χ0v) is 18.2. The molecule has 0 saturated heterocycles. The lowest BCUT2D eigenvalue weighted by Crippen LogP contribution is -2.28. The first kappa shape index (κ1) is 22.0. The lowest BCUT2D eigenvalue weighted by Gasteiger charge is -2.19. The molecule has 158 valence electrons. The molecule has 5 heteroatoms. The van der Waals surface area contributed by atoms with Crippen molar-refractivity contribution >= 4 is 17.6 Å². The van der Waals surface area contributed by atoms with Gasteiger partial charge in [-0.2, -0.15) is 0 Å². The van der Waals surface area contributed by atoms with Gasteiger partial charge in [0.05, 0.1) is 5.56 Å². The number of amides is 2. The molecular weight excluding hydrogens is 388 g/mol. The fourth-order valence-electron chi connectivity index (χ4n) is 3.45. The van der Waals surface area contributed by atoms with E-state index in [0.29, 0.717) is 28.8 Å². The van der Waals surface area contributed by atoms with Crippen molar-refractivity contribution in [1.82, 2.24) is 10.2 Å². The first-order valence-corrected chi connectivity index (χ1v) is 10.1. The average molecular weight is 415 g/mol. The van der Waals surface area contributed by atoms with Gasteiger partial charge in [0.25, 0.3) is 11.8 Å². The third-order valence-corrected chi connectivity index (χ3v) is 5.25. The van der Waals surface area contributed by atoms with Crippen LogP contribution in [0.25, 0.3) is 0 Å². The maximum absolute atomic E-state index is 13.2. The maximum atomic E-state index is 13.2. The number of hydrogen-bond donors (Lipinski definition) is 1. The molecule has 1 N–H and O–H groups in total. The summed E-state index contributed by atoms with van der Waals surface area (Å²) in [6.45, 7) is 4.20. The molecule has 0 aliphatic carbocycles. The molecule has 31 heavy (non-hydrogen) atoms. The van der Waals surface area contributed by atoms with Crippen molar-refractivity contribution in [2.24, 2.45) is 0 Å². The molecule has 0 aromatic heterocycles. The highest BCUT2D eigenvalue weighted by Crippen LogP contribution is 2.20. The van der Waals surface area contributed by atoms with Crippen molar-refractivity contribution in [3.8, 4) is 0 Å². The molecule has 0 aliphatic heterocycles. The molecule has 0 heterocycles. The van der Waals surface area contributed by atoms with E-state index in [4.69, 9.17) is 0 Å². The standard InChI is InChI=1S/C26H26N2O3/c1-17-9-10-18(2)23(15-17)24(29)21-7-5-6-8-22(21)26(31)28(4)16-19-11-13-20(14-12-19)25(30)27-3/h5-15H,16H2,1-4H3,(H,27,30). The lowest BCUT2D eigenvalue weighted by molar-refractivity contribution is 0.0780. The van der Waals surface area contributed by atoms with Gasteiger partial charge in [-0.1, -0.05) is 48.0 Å². The zero-order chi connectivity index (χ0) is 22.5. The topological polar surface area (TPSA) is 66.5 Å². The van der Waals surface area contributed by atoms with Crippen molar-refractivity contribution in [3.05, 3.63) is 106 Å². The number of aryl methyl sites for hydroxylation is 2. The highest BCUT2D eigenvalue weighted by atomic mass is 16.2. The summed E-state index contributed by atoms with van der Waals surface area (Å²) < 4.78 is 0. The number of nitrogens with one attached hydrogen (secondary N) is 1. The van der Waals surface area contributed by atoms with Crippen molar-refractivity contribution in [2.45, 2.75) is 20.4 Å². The minimum atomic E-state index is -0.232. The van der Waals surface area contributed by atoms with Gasteiger partial charge in [-0.15, -0.1) is 0 Å². The normalized spacial score (nSPS) is 10.5. The van der Waals surface area contributed by atoms with E-state index in [-0.39, 0.29) is 17.6 Å². The fourth-order valence-corrected chi connectivity index (χ4v) is 3.45. The van der Waals surface area contributed by atoms with E-state index in [2.05, 4.69) is 5.32 Å². The van der Waals surface area contributed by atoms with Gasteiger partial charge in [0, 0.05) is 37.3 Å². The van der Waals surface area contributed by atoms with Crippen LogP contribution < -0.4 is 5.32 Å². The van der Waals surface area contributed by atoms with Crippen LogP contribution in [0.15, 0.2) is 66.7 Å². The molecule has 0 atom stereocenters. The minimum Gasteiger partial charge on any atom is -0.355 e. The molecule has 2 amide bonds. The molecule has 0 bridgehead atoms. The Kier molecular flexibility index (Phi) is 6.65. The van der Waals surface area contributed by atoms with E-state index >= 15 is 0 Å². The van der Waals surface area contributed by atoms with E-state index in [0.717, 1.165) is 16.7 Å². The average Bonchev–Trinajstić information content (AvgIpc) is 2.79. The van der Waals surface area contributed by atoms with Crippen LogP contribution in [0.3, 0.4) is 0 Å². The van der Waals surface area contributed by atoms with Crippen molar-refractivity contribution < 1.29 is 14.4 Å². The molecule has 0 spiro atoms. The van der Waals surface area contributed by atoms with Crippen molar-refractivity contribution in [1.29, 1.82) is 0 Å². The van der Waals surface area contributed by atoms with Crippen LogP contribution in [0.4, 0.5) is 0 Å². The second kappa shape index (κ2) is 9.39. The summed E-state index contributed by atoms with van der Waals surface area (Å²) >= 11 is 0. The summed E-state index contributed by atoms with van der Waals surface area (Å²) in [7, 11) is 3.29. The van der Waals surface area contributed by atoms with Gasteiger partial charge >= 0.3 is 0 Å². The van der Waals surface area contributed by atoms with E-state index in [9.17, 15) is 14.4 Å². The second-order valence-corrected chi connectivity index (χ2v) is 7.63.